The van der Waals surface area contributed by atoms with Gasteiger partial charge in [0.05, 0.1) is 13.2 Å². The SMILES string of the molecule is CCOC(=O)CN1CCN(C(=O)CCl)CC1. The van der Waals surface area contributed by atoms with E-state index in [1.165, 1.54) is 0 Å². The molecule has 0 N–H and O–H groups in total. The van der Waals surface area contributed by atoms with Gasteiger partial charge in [0.15, 0.2) is 0 Å². The molecule has 0 unspecified atom stereocenters. The summed E-state index contributed by atoms with van der Waals surface area (Å²) in [5.41, 5.74) is 0. The summed E-state index contributed by atoms with van der Waals surface area (Å²) >= 11 is 5.47. The van der Waals surface area contributed by atoms with Crippen molar-refractivity contribution in [1.82, 2.24) is 9.80 Å². The molecule has 1 rings (SSSR count). The third kappa shape index (κ3) is 3.98. The van der Waals surface area contributed by atoms with Crippen LogP contribution < -0.4 is 0 Å². The van der Waals surface area contributed by atoms with E-state index in [9.17, 15) is 9.59 Å². The number of hydrogen-bond donors (Lipinski definition) is 0. The summed E-state index contributed by atoms with van der Waals surface area (Å²) in [6.45, 7) is 5.15. The zero-order chi connectivity index (χ0) is 12.0. The van der Waals surface area contributed by atoms with Gasteiger partial charge in [-0.1, -0.05) is 0 Å². The Balaban J connectivity index is 2.26. The van der Waals surface area contributed by atoms with Crippen LogP contribution >= 0.6 is 11.6 Å². The highest BCUT2D eigenvalue weighted by Gasteiger charge is 2.21. The molecule has 0 atom stereocenters. The number of alkyl halides is 1. The highest BCUT2D eigenvalue weighted by Crippen LogP contribution is 2.03. The Hall–Kier alpha value is -0.810. The van der Waals surface area contributed by atoms with Crippen LogP contribution in [0.3, 0.4) is 0 Å². The summed E-state index contributed by atoms with van der Waals surface area (Å²) in [6, 6.07) is 0. The number of ether oxygens (including phenoxy) is 1. The van der Waals surface area contributed by atoms with E-state index in [1.807, 2.05) is 4.90 Å². The van der Waals surface area contributed by atoms with Crippen molar-refractivity contribution >= 4 is 23.5 Å². The quantitative estimate of drug-likeness (QED) is 0.516. The molecule has 6 heteroatoms. The Labute approximate surface area is 100 Å². The largest absolute Gasteiger partial charge is 0.465 e. The molecule has 1 aliphatic rings. The van der Waals surface area contributed by atoms with Crippen molar-refractivity contribution in [3.63, 3.8) is 0 Å². The smallest absolute Gasteiger partial charge is 0.320 e. The number of carbonyl (C=O) groups excluding carboxylic acids is 2. The minimum absolute atomic E-state index is 0.0257. The van der Waals surface area contributed by atoms with Crippen LogP contribution in [0, 0.1) is 0 Å². The van der Waals surface area contributed by atoms with Crippen molar-refractivity contribution in [1.29, 1.82) is 0 Å². The fourth-order valence-electron chi connectivity index (χ4n) is 1.63. The molecule has 0 saturated carbocycles. The van der Waals surface area contributed by atoms with Crippen LogP contribution in [-0.4, -0.2) is 66.9 Å². The number of piperazine rings is 1. The van der Waals surface area contributed by atoms with Crippen LogP contribution in [0.1, 0.15) is 6.92 Å². The van der Waals surface area contributed by atoms with Crippen molar-refractivity contribution in [2.45, 2.75) is 6.92 Å². The molecule has 92 valence electrons. The van der Waals surface area contributed by atoms with E-state index in [-0.39, 0.29) is 17.8 Å². The third-order valence-corrected chi connectivity index (χ3v) is 2.73. The van der Waals surface area contributed by atoms with E-state index in [0.717, 1.165) is 0 Å². The lowest BCUT2D eigenvalue weighted by Gasteiger charge is -2.33. The first-order valence-corrected chi connectivity index (χ1v) is 5.92. The topological polar surface area (TPSA) is 49.9 Å². The van der Waals surface area contributed by atoms with E-state index < -0.39 is 0 Å². The van der Waals surface area contributed by atoms with Crippen molar-refractivity contribution in [3.05, 3.63) is 0 Å². The van der Waals surface area contributed by atoms with Crippen LogP contribution in [0.4, 0.5) is 0 Å². The highest BCUT2D eigenvalue weighted by atomic mass is 35.5. The van der Waals surface area contributed by atoms with Gasteiger partial charge in [0, 0.05) is 26.2 Å². The van der Waals surface area contributed by atoms with Gasteiger partial charge in [0.1, 0.15) is 5.88 Å². The van der Waals surface area contributed by atoms with Gasteiger partial charge < -0.3 is 9.64 Å². The van der Waals surface area contributed by atoms with E-state index in [1.54, 1.807) is 11.8 Å². The number of hydrogen-bond acceptors (Lipinski definition) is 4. The maximum absolute atomic E-state index is 11.3. The first-order valence-electron chi connectivity index (χ1n) is 5.39. The number of esters is 1. The summed E-state index contributed by atoms with van der Waals surface area (Å²) in [5, 5.41) is 0. The fraction of sp³-hybridized carbons (Fsp3) is 0.800. The van der Waals surface area contributed by atoms with Crippen molar-refractivity contribution < 1.29 is 14.3 Å². The van der Waals surface area contributed by atoms with Gasteiger partial charge in [-0.15, -0.1) is 11.6 Å². The molecular formula is C10H17ClN2O3. The van der Waals surface area contributed by atoms with Crippen LogP contribution in [0.5, 0.6) is 0 Å². The summed E-state index contributed by atoms with van der Waals surface area (Å²) in [6.07, 6.45) is 0. The van der Waals surface area contributed by atoms with E-state index in [0.29, 0.717) is 39.3 Å². The molecule has 0 aromatic heterocycles. The number of amides is 1. The predicted octanol–water partition coefficient (Wildman–Crippen LogP) is -0.0675. The molecule has 0 radical (unpaired) electrons. The molecular weight excluding hydrogens is 232 g/mol. The number of rotatable bonds is 4. The lowest BCUT2D eigenvalue weighted by molar-refractivity contribution is -0.145. The van der Waals surface area contributed by atoms with Crippen molar-refractivity contribution in [2.24, 2.45) is 0 Å². The Morgan fingerprint density at radius 3 is 2.38 bits per heavy atom. The number of halogens is 1. The zero-order valence-corrected chi connectivity index (χ0v) is 10.2. The summed E-state index contributed by atoms with van der Waals surface area (Å²) in [4.78, 5) is 26.2. The zero-order valence-electron chi connectivity index (χ0n) is 9.45. The van der Waals surface area contributed by atoms with E-state index >= 15 is 0 Å². The summed E-state index contributed by atoms with van der Waals surface area (Å²) < 4.78 is 4.86. The fourth-order valence-corrected chi connectivity index (χ4v) is 1.80. The monoisotopic (exact) mass is 248 g/mol. The van der Waals surface area contributed by atoms with Crippen LogP contribution in [-0.2, 0) is 14.3 Å². The predicted molar refractivity (Wildman–Crippen MR) is 60.4 cm³/mol. The second-order valence-electron chi connectivity index (χ2n) is 3.60. The normalized spacial score (nSPS) is 17.2. The molecule has 0 aliphatic carbocycles. The van der Waals surface area contributed by atoms with Gasteiger partial charge in [-0.3, -0.25) is 14.5 Å². The van der Waals surface area contributed by atoms with Crippen molar-refractivity contribution in [3.8, 4) is 0 Å². The van der Waals surface area contributed by atoms with Gasteiger partial charge in [-0.25, -0.2) is 0 Å². The van der Waals surface area contributed by atoms with Gasteiger partial charge >= 0.3 is 5.97 Å². The second-order valence-corrected chi connectivity index (χ2v) is 3.86. The Bertz CT molecular complexity index is 252. The lowest BCUT2D eigenvalue weighted by atomic mass is 10.3. The molecule has 1 amide bonds. The molecule has 1 fully saturated rings. The molecule has 0 aromatic carbocycles. The minimum atomic E-state index is -0.209. The van der Waals surface area contributed by atoms with Gasteiger partial charge in [-0.2, -0.15) is 0 Å². The van der Waals surface area contributed by atoms with Gasteiger partial charge in [0.25, 0.3) is 0 Å². The molecule has 0 spiro atoms. The van der Waals surface area contributed by atoms with E-state index in [4.69, 9.17) is 16.3 Å². The number of nitrogens with zero attached hydrogens (tertiary/aromatic N) is 2. The maximum Gasteiger partial charge on any atom is 0.320 e. The molecule has 0 bridgehead atoms. The second kappa shape index (κ2) is 6.70. The molecule has 1 aliphatic heterocycles. The van der Waals surface area contributed by atoms with Crippen LogP contribution in [0.15, 0.2) is 0 Å². The Kier molecular flexibility index (Phi) is 5.55. The molecule has 16 heavy (non-hydrogen) atoms. The summed E-state index contributed by atoms with van der Waals surface area (Å²) in [5.74, 6) is -0.227. The standard InChI is InChI=1S/C10H17ClN2O3/c1-2-16-10(15)8-12-3-5-13(6-4-12)9(14)7-11/h2-8H2,1H3. The average molecular weight is 249 g/mol. The summed E-state index contributed by atoms with van der Waals surface area (Å²) in [7, 11) is 0. The average Bonchev–Trinajstić information content (AvgIpc) is 2.29. The lowest BCUT2D eigenvalue weighted by Crippen LogP contribution is -2.50. The first-order chi connectivity index (χ1) is 7.67. The Morgan fingerprint density at radius 2 is 1.88 bits per heavy atom. The van der Waals surface area contributed by atoms with Gasteiger partial charge in [0.2, 0.25) is 5.91 Å². The minimum Gasteiger partial charge on any atom is -0.465 e. The van der Waals surface area contributed by atoms with E-state index in [2.05, 4.69) is 0 Å². The van der Waals surface area contributed by atoms with Crippen molar-refractivity contribution in [2.75, 3.05) is 45.2 Å². The molecule has 5 nitrogen and oxygen atoms in total. The van der Waals surface area contributed by atoms with Crippen LogP contribution in [0.25, 0.3) is 0 Å². The maximum atomic E-state index is 11.3. The third-order valence-electron chi connectivity index (χ3n) is 2.50. The Morgan fingerprint density at radius 1 is 1.25 bits per heavy atom. The molecule has 1 heterocycles. The first kappa shape index (κ1) is 13.3. The van der Waals surface area contributed by atoms with Crippen LogP contribution in [0.2, 0.25) is 0 Å². The highest BCUT2D eigenvalue weighted by molar-refractivity contribution is 6.27. The van der Waals surface area contributed by atoms with Gasteiger partial charge in [-0.05, 0) is 6.92 Å². The molecule has 1 saturated heterocycles. The molecule has 0 aromatic rings. The number of carbonyl (C=O) groups is 2.